The van der Waals surface area contributed by atoms with Crippen molar-refractivity contribution in [3.05, 3.63) is 0 Å². The van der Waals surface area contributed by atoms with Gasteiger partial charge in [0.15, 0.2) is 12.6 Å². The van der Waals surface area contributed by atoms with Crippen LogP contribution in [0.5, 0.6) is 0 Å². The zero-order chi connectivity index (χ0) is 19.6. The number of hydrogen-bond acceptors (Lipinski definition) is 12. The van der Waals surface area contributed by atoms with E-state index in [2.05, 4.69) is 0 Å². The number of ether oxygens (including phenoxy) is 4. The molecule has 5 unspecified atom stereocenters. The molecule has 10 atom stereocenters. The van der Waals surface area contributed by atoms with Crippen LogP contribution in [-0.4, -0.2) is 116 Å². The van der Waals surface area contributed by atoms with Gasteiger partial charge < -0.3 is 54.7 Å². The van der Waals surface area contributed by atoms with Crippen LogP contribution in [0, 0.1) is 0 Å². The van der Waals surface area contributed by atoms with E-state index in [1.165, 1.54) is 0 Å². The molecule has 0 aromatic rings. The van der Waals surface area contributed by atoms with Crippen LogP contribution in [0.1, 0.15) is 6.92 Å². The van der Waals surface area contributed by atoms with E-state index in [0.717, 1.165) is 6.92 Å². The zero-order valence-electron chi connectivity index (χ0n) is 13.9. The molecule has 2 saturated heterocycles. The highest BCUT2D eigenvalue weighted by Gasteiger charge is 2.50. The Morgan fingerprint density at radius 3 is 2.12 bits per heavy atom. The van der Waals surface area contributed by atoms with E-state index in [1.54, 1.807) is 0 Å². The first-order chi connectivity index (χ1) is 12.2. The van der Waals surface area contributed by atoms with Gasteiger partial charge in [0, 0.05) is 6.92 Å². The van der Waals surface area contributed by atoms with E-state index in [9.17, 15) is 40.5 Å². The molecule has 2 heterocycles. The molecular weight excluding hydrogens is 360 g/mol. The quantitative estimate of drug-likeness (QED) is 0.224. The standard InChI is InChI=1S/C14H24O12/c1-4(16)23-3-6-7(17)8(18)11(21)14(25-6)26-12-5(2-15)24-13(22)10(20)9(12)19/h5-15,17-22H,2-3H2,1H3/t5?,6?,7-,8?,9?,10-,11-,12+,13?,14-/m0/s1. The molecule has 152 valence electrons. The fourth-order valence-electron chi connectivity index (χ4n) is 2.76. The van der Waals surface area contributed by atoms with Crippen LogP contribution in [0.2, 0.25) is 0 Å². The molecule has 12 nitrogen and oxygen atoms in total. The second kappa shape index (κ2) is 8.84. The first kappa shape index (κ1) is 21.4. The lowest BCUT2D eigenvalue weighted by Crippen LogP contribution is -2.64. The number of aliphatic hydroxyl groups is 7. The summed E-state index contributed by atoms with van der Waals surface area (Å²) in [6.07, 6.45) is -15.8. The summed E-state index contributed by atoms with van der Waals surface area (Å²) in [6, 6.07) is 0. The van der Waals surface area contributed by atoms with Crippen LogP contribution in [0.15, 0.2) is 0 Å². The van der Waals surface area contributed by atoms with Crippen molar-refractivity contribution in [3.8, 4) is 0 Å². The first-order valence-electron chi connectivity index (χ1n) is 7.96. The summed E-state index contributed by atoms with van der Waals surface area (Å²) in [4.78, 5) is 10.9. The predicted molar refractivity (Wildman–Crippen MR) is 78.2 cm³/mol. The molecule has 2 rings (SSSR count). The summed E-state index contributed by atoms with van der Waals surface area (Å²) in [5.41, 5.74) is 0. The topological polar surface area (TPSA) is 196 Å². The number of hydrogen-bond donors (Lipinski definition) is 7. The van der Waals surface area contributed by atoms with Gasteiger partial charge in [-0.05, 0) is 0 Å². The summed E-state index contributed by atoms with van der Waals surface area (Å²) < 4.78 is 20.3. The Labute approximate surface area is 148 Å². The molecule has 0 aromatic carbocycles. The molecule has 0 spiro atoms. The highest BCUT2D eigenvalue weighted by atomic mass is 16.7. The van der Waals surface area contributed by atoms with Crippen LogP contribution in [0.4, 0.5) is 0 Å². The van der Waals surface area contributed by atoms with Crippen molar-refractivity contribution < 1.29 is 59.5 Å². The number of carbonyl (C=O) groups is 1. The number of aliphatic hydroxyl groups excluding tert-OH is 7. The second-order valence-electron chi connectivity index (χ2n) is 6.15. The average Bonchev–Trinajstić information content (AvgIpc) is 2.60. The minimum absolute atomic E-state index is 0.436. The lowest BCUT2D eigenvalue weighted by atomic mass is 9.97. The summed E-state index contributed by atoms with van der Waals surface area (Å²) >= 11 is 0. The third-order valence-electron chi connectivity index (χ3n) is 4.25. The lowest BCUT2D eigenvalue weighted by Gasteiger charge is -2.45. The van der Waals surface area contributed by atoms with Crippen molar-refractivity contribution in [2.45, 2.75) is 68.3 Å². The van der Waals surface area contributed by atoms with Gasteiger partial charge in [-0.15, -0.1) is 0 Å². The molecular formula is C14H24O12. The number of carbonyl (C=O) groups excluding carboxylic acids is 1. The maximum absolute atomic E-state index is 10.9. The SMILES string of the molecule is CC(=O)OCC1O[C@@H](O[C@@H]2C(CO)OC(O)[C@@H](O)C2O)[C@@H](O)C(O)[C@H]1O. The molecule has 7 N–H and O–H groups in total. The van der Waals surface area contributed by atoms with Gasteiger partial charge >= 0.3 is 5.97 Å². The van der Waals surface area contributed by atoms with Crippen LogP contribution in [0.25, 0.3) is 0 Å². The van der Waals surface area contributed by atoms with Gasteiger partial charge in [0.2, 0.25) is 0 Å². The van der Waals surface area contributed by atoms with Gasteiger partial charge in [-0.25, -0.2) is 0 Å². The maximum atomic E-state index is 10.9. The Kier molecular flexibility index (Phi) is 7.27. The van der Waals surface area contributed by atoms with Crippen molar-refractivity contribution in [1.29, 1.82) is 0 Å². The summed E-state index contributed by atoms with van der Waals surface area (Å²) in [5, 5.41) is 68.4. The van der Waals surface area contributed by atoms with Gasteiger partial charge in [0.05, 0.1) is 6.61 Å². The molecule has 0 radical (unpaired) electrons. The third-order valence-corrected chi connectivity index (χ3v) is 4.25. The van der Waals surface area contributed by atoms with Gasteiger partial charge in [0.25, 0.3) is 0 Å². The fourth-order valence-corrected chi connectivity index (χ4v) is 2.76. The van der Waals surface area contributed by atoms with Crippen molar-refractivity contribution in [3.63, 3.8) is 0 Å². The average molecular weight is 384 g/mol. The first-order valence-corrected chi connectivity index (χ1v) is 7.96. The Bertz CT molecular complexity index is 473. The van der Waals surface area contributed by atoms with Crippen molar-refractivity contribution in [2.75, 3.05) is 13.2 Å². The fraction of sp³-hybridized carbons (Fsp3) is 0.929. The van der Waals surface area contributed by atoms with E-state index in [1.807, 2.05) is 0 Å². The number of rotatable bonds is 5. The van der Waals surface area contributed by atoms with Crippen LogP contribution in [0.3, 0.4) is 0 Å². The molecule has 12 heteroatoms. The lowest BCUT2D eigenvalue weighted by molar-refractivity contribution is -0.355. The minimum Gasteiger partial charge on any atom is -0.463 e. The Balaban J connectivity index is 2.10. The van der Waals surface area contributed by atoms with E-state index in [4.69, 9.17) is 18.9 Å². The molecule has 0 bridgehead atoms. The third kappa shape index (κ3) is 4.48. The number of esters is 1. The molecule has 2 aliphatic rings. The molecule has 0 aliphatic carbocycles. The minimum atomic E-state index is -1.76. The predicted octanol–water partition coefficient (Wildman–Crippen LogP) is -4.83. The van der Waals surface area contributed by atoms with Crippen molar-refractivity contribution in [2.24, 2.45) is 0 Å². The van der Waals surface area contributed by atoms with E-state index >= 15 is 0 Å². The van der Waals surface area contributed by atoms with Crippen molar-refractivity contribution >= 4 is 5.97 Å². The van der Waals surface area contributed by atoms with Gasteiger partial charge in [-0.3, -0.25) is 4.79 Å². The summed E-state index contributed by atoms with van der Waals surface area (Å²) in [6.45, 7) is -0.00621. The Morgan fingerprint density at radius 2 is 1.54 bits per heavy atom. The van der Waals surface area contributed by atoms with Crippen LogP contribution in [-0.2, 0) is 23.7 Å². The molecule has 0 aromatic heterocycles. The second-order valence-corrected chi connectivity index (χ2v) is 6.15. The summed E-state index contributed by atoms with van der Waals surface area (Å²) in [7, 11) is 0. The van der Waals surface area contributed by atoms with Crippen molar-refractivity contribution in [1.82, 2.24) is 0 Å². The molecule has 0 saturated carbocycles. The van der Waals surface area contributed by atoms with Crippen LogP contribution >= 0.6 is 0 Å². The highest BCUT2D eigenvalue weighted by molar-refractivity contribution is 5.65. The van der Waals surface area contributed by atoms with E-state index in [0.29, 0.717) is 0 Å². The van der Waals surface area contributed by atoms with E-state index < -0.39 is 80.6 Å². The van der Waals surface area contributed by atoms with Gasteiger partial charge in [-0.1, -0.05) is 0 Å². The van der Waals surface area contributed by atoms with Gasteiger partial charge in [0.1, 0.15) is 55.4 Å². The largest absolute Gasteiger partial charge is 0.463 e. The molecule has 26 heavy (non-hydrogen) atoms. The monoisotopic (exact) mass is 384 g/mol. The smallest absolute Gasteiger partial charge is 0.302 e. The molecule has 2 aliphatic heterocycles. The van der Waals surface area contributed by atoms with E-state index in [-0.39, 0.29) is 0 Å². The normalized spacial score (nSPS) is 46.8. The Morgan fingerprint density at radius 1 is 0.885 bits per heavy atom. The van der Waals surface area contributed by atoms with Gasteiger partial charge in [-0.2, -0.15) is 0 Å². The summed E-state index contributed by atoms with van der Waals surface area (Å²) in [5.74, 6) is -0.660. The van der Waals surface area contributed by atoms with Crippen LogP contribution < -0.4 is 0 Å². The highest BCUT2D eigenvalue weighted by Crippen LogP contribution is 2.28. The Hall–Kier alpha value is -0.930. The maximum Gasteiger partial charge on any atom is 0.302 e. The molecule has 0 amide bonds. The molecule has 2 fully saturated rings. The zero-order valence-corrected chi connectivity index (χ0v) is 13.9.